The maximum atomic E-state index is 11.8. The van der Waals surface area contributed by atoms with Gasteiger partial charge in [0.15, 0.2) is 0 Å². The molecule has 0 atom stereocenters. The highest BCUT2D eigenvalue weighted by molar-refractivity contribution is 5.94. The van der Waals surface area contributed by atoms with Crippen LogP contribution in [0.5, 0.6) is 0 Å². The highest BCUT2D eigenvalue weighted by Crippen LogP contribution is 2.11. The highest BCUT2D eigenvalue weighted by atomic mass is 16.2. The Morgan fingerprint density at radius 2 is 1.90 bits per heavy atom. The second-order valence-corrected chi connectivity index (χ2v) is 5.04. The number of nitrogens with one attached hydrogen (secondary N) is 1. The van der Waals surface area contributed by atoms with Crippen molar-refractivity contribution in [2.24, 2.45) is 5.10 Å². The van der Waals surface area contributed by atoms with Crippen molar-refractivity contribution in [2.45, 2.75) is 39.0 Å². The van der Waals surface area contributed by atoms with E-state index in [4.69, 9.17) is 0 Å². The molecule has 0 bridgehead atoms. The van der Waals surface area contributed by atoms with E-state index in [9.17, 15) is 4.79 Å². The lowest BCUT2D eigenvalue weighted by Gasteiger charge is -2.12. The van der Waals surface area contributed by atoms with E-state index in [1.54, 1.807) is 18.3 Å². The van der Waals surface area contributed by atoms with Crippen LogP contribution < -0.4 is 10.3 Å². The second-order valence-electron chi connectivity index (χ2n) is 5.04. The number of hydrazone groups is 1. The summed E-state index contributed by atoms with van der Waals surface area (Å²) in [5.41, 5.74) is 4.25. The van der Waals surface area contributed by atoms with E-state index < -0.39 is 0 Å². The summed E-state index contributed by atoms with van der Waals surface area (Å²) in [6, 6.07) is 7.45. The zero-order valence-corrected chi connectivity index (χ0v) is 12.7. The van der Waals surface area contributed by atoms with Crippen LogP contribution in [-0.2, 0) is 0 Å². The van der Waals surface area contributed by atoms with Crippen molar-refractivity contribution < 1.29 is 4.79 Å². The molecule has 0 radical (unpaired) electrons. The number of hydrogen-bond donors (Lipinski definition) is 1. The third-order valence-corrected chi connectivity index (χ3v) is 3.09. The lowest BCUT2D eigenvalue weighted by Crippen LogP contribution is -2.17. The van der Waals surface area contributed by atoms with E-state index in [1.807, 2.05) is 31.1 Å². The smallest absolute Gasteiger partial charge is 0.271 e. The largest absolute Gasteiger partial charge is 0.378 e. The molecule has 0 aromatic heterocycles. The number of anilines is 1. The number of unbranched alkanes of at least 4 members (excludes halogenated alkanes) is 4. The van der Waals surface area contributed by atoms with Gasteiger partial charge in [0.25, 0.3) is 5.91 Å². The summed E-state index contributed by atoms with van der Waals surface area (Å²) in [4.78, 5) is 13.8. The van der Waals surface area contributed by atoms with Crippen molar-refractivity contribution in [3.05, 3.63) is 29.8 Å². The SMILES string of the molecule is CCCCCC/C=N/NC(=O)c1ccc(N(C)C)cc1. The molecule has 1 aromatic rings. The third-order valence-electron chi connectivity index (χ3n) is 3.09. The fourth-order valence-electron chi connectivity index (χ4n) is 1.81. The van der Waals surface area contributed by atoms with Gasteiger partial charge in [-0.25, -0.2) is 5.43 Å². The molecule has 0 unspecified atom stereocenters. The fourth-order valence-corrected chi connectivity index (χ4v) is 1.81. The molecular weight excluding hydrogens is 250 g/mol. The number of rotatable bonds is 8. The molecule has 4 nitrogen and oxygen atoms in total. The Labute approximate surface area is 121 Å². The van der Waals surface area contributed by atoms with Gasteiger partial charge in [0.2, 0.25) is 0 Å². The lowest BCUT2D eigenvalue weighted by atomic mass is 10.2. The molecule has 0 aliphatic rings. The lowest BCUT2D eigenvalue weighted by molar-refractivity contribution is 0.0955. The molecule has 1 amide bonds. The minimum Gasteiger partial charge on any atom is -0.378 e. The van der Waals surface area contributed by atoms with Gasteiger partial charge < -0.3 is 4.90 Å². The Balaban J connectivity index is 2.33. The van der Waals surface area contributed by atoms with Crippen LogP contribution in [0.15, 0.2) is 29.4 Å². The van der Waals surface area contributed by atoms with Gasteiger partial charge in [-0.2, -0.15) is 5.10 Å². The van der Waals surface area contributed by atoms with Gasteiger partial charge in [-0.1, -0.05) is 26.2 Å². The maximum Gasteiger partial charge on any atom is 0.271 e. The molecule has 0 fully saturated rings. The van der Waals surface area contributed by atoms with E-state index in [2.05, 4.69) is 17.5 Å². The average molecular weight is 275 g/mol. The highest BCUT2D eigenvalue weighted by Gasteiger charge is 2.04. The van der Waals surface area contributed by atoms with Crippen molar-refractivity contribution >= 4 is 17.8 Å². The first kappa shape index (κ1) is 16.2. The molecule has 4 heteroatoms. The van der Waals surface area contributed by atoms with Crippen molar-refractivity contribution in [2.75, 3.05) is 19.0 Å². The average Bonchev–Trinajstić information content (AvgIpc) is 2.46. The summed E-state index contributed by atoms with van der Waals surface area (Å²) in [6.45, 7) is 2.19. The number of benzene rings is 1. The Bertz CT molecular complexity index is 424. The molecule has 0 saturated carbocycles. The predicted octanol–water partition coefficient (Wildman–Crippen LogP) is 3.44. The van der Waals surface area contributed by atoms with Crippen molar-refractivity contribution in [1.82, 2.24) is 5.43 Å². The molecule has 1 N–H and O–H groups in total. The zero-order chi connectivity index (χ0) is 14.8. The number of carbonyl (C=O) groups is 1. The summed E-state index contributed by atoms with van der Waals surface area (Å²) in [6.07, 6.45) is 7.55. The summed E-state index contributed by atoms with van der Waals surface area (Å²) in [5.74, 6) is -0.167. The molecule has 0 aliphatic heterocycles. The van der Waals surface area contributed by atoms with E-state index in [0.717, 1.165) is 18.5 Å². The first-order valence-corrected chi connectivity index (χ1v) is 7.24. The van der Waals surface area contributed by atoms with E-state index in [-0.39, 0.29) is 5.91 Å². The molecule has 110 valence electrons. The molecule has 0 heterocycles. The molecule has 1 rings (SSSR count). The van der Waals surface area contributed by atoms with Crippen LogP contribution in [0.25, 0.3) is 0 Å². The molecule has 20 heavy (non-hydrogen) atoms. The standard InChI is InChI=1S/C16H25N3O/c1-4-5-6-7-8-13-17-18-16(20)14-9-11-15(12-10-14)19(2)3/h9-13H,4-8H2,1-3H3,(H,18,20)/b17-13+. The van der Waals surface area contributed by atoms with Gasteiger partial charge in [-0.05, 0) is 37.1 Å². The van der Waals surface area contributed by atoms with Crippen LogP contribution in [0.3, 0.4) is 0 Å². The molecule has 0 saturated heterocycles. The summed E-state index contributed by atoms with van der Waals surface area (Å²) >= 11 is 0. The van der Waals surface area contributed by atoms with Crippen LogP contribution >= 0.6 is 0 Å². The minimum atomic E-state index is -0.167. The third kappa shape index (κ3) is 5.87. The number of amides is 1. The number of hydrogen-bond acceptors (Lipinski definition) is 3. The van der Waals surface area contributed by atoms with E-state index in [0.29, 0.717) is 5.56 Å². The van der Waals surface area contributed by atoms with Gasteiger partial charge in [-0.15, -0.1) is 0 Å². The van der Waals surface area contributed by atoms with E-state index >= 15 is 0 Å². The Hall–Kier alpha value is -1.84. The first-order valence-electron chi connectivity index (χ1n) is 7.24. The first-order chi connectivity index (χ1) is 9.65. The second kappa shape index (κ2) is 9.13. The van der Waals surface area contributed by atoms with Crippen LogP contribution in [0.4, 0.5) is 5.69 Å². The van der Waals surface area contributed by atoms with Crippen LogP contribution in [-0.4, -0.2) is 26.2 Å². The van der Waals surface area contributed by atoms with Crippen LogP contribution in [0.2, 0.25) is 0 Å². The molecule has 0 spiro atoms. The predicted molar refractivity (Wildman–Crippen MR) is 85.5 cm³/mol. The van der Waals surface area contributed by atoms with Gasteiger partial charge in [-0.3, -0.25) is 4.79 Å². The summed E-state index contributed by atoms with van der Waals surface area (Å²) in [7, 11) is 3.94. The Morgan fingerprint density at radius 1 is 1.20 bits per heavy atom. The Kier molecular flexibility index (Phi) is 7.40. The topological polar surface area (TPSA) is 44.7 Å². The van der Waals surface area contributed by atoms with Crippen molar-refractivity contribution in [1.29, 1.82) is 0 Å². The molecule has 1 aromatic carbocycles. The maximum absolute atomic E-state index is 11.8. The molecular formula is C16H25N3O. The van der Waals surface area contributed by atoms with Crippen LogP contribution in [0, 0.1) is 0 Å². The van der Waals surface area contributed by atoms with Crippen molar-refractivity contribution in [3.8, 4) is 0 Å². The van der Waals surface area contributed by atoms with Gasteiger partial charge in [0.1, 0.15) is 0 Å². The van der Waals surface area contributed by atoms with Gasteiger partial charge in [0, 0.05) is 31.6 Å². The normalized spacial score (nSPS) is 10.8. The van der Waals surface area contributed by atoms with E-state index in [1.165, 1.54) is 19.3 Å². The zero-order valence-electron chi connectivity index (χ0n) is 12.7. The number of nitrogens with zero attached hydrogens (tertiary/aromatic N) is 2. The fraction of sp³-hybridized carbons (Fsp3) is 0.500. The van der Waals surface area contributed by atoms with Crippen molar-refractivity contribution in [3.63, 3.8) is 0 Å². The Morgan fingerprint density at radius 3 is 2.50 bits per heavy atom. The van der Waals surface area contributed by atoms with Gasteiger partial charge in [0.05, 0.1) is 0 Å². The minimum absolute atomic E-state index is 0.167. The summed E-state index contributed by atoms with van der Waals surface area (Å²) < 4.78 is 0. The quantitative estimate of drug-likeness (QED) is 0.449. The molecule has 0 aliphatic carbocycles. The van der Waals surface area contributed by atoms with Gasteiger partial charge >= 0.3 is 0 Å². The monoisotopic (exact) mass is 275 g/mol. The summed E-state index contributed by atoms with van der Waals surface area (Å²) in [5, 5.41) is 3.97. The number of carbonyl (C=O) groups excluding carboxylic acids is 1. The van der Waals surface area contributed by atoms with Crippen LogP contribution in [0.1, 0.15) is 49.4 Å².